The van der Waals surface area contributed by atoms with E-state index in [4.69, 9.17) is 11.6 Å². The van der Waals surface area contributed by atoms with Crippen LogP contribution in [-0.4, -0.2) is 20.5 Å². The molecule has 0 radical (unpaired) electrons. The third kappa shape index (κ3) is 2.80. The van der Waals surface area contributed by atoms with Gasteiger partial charge in [0.1, 0.15) is 5.69 Å². The molecule has 1 aliphatic carbocycles. The molecule has 23 heavy (non-hydrogen) atoms. The van der Waals surface area contributed by atoms with Gasteiger partial charge in [0.15, 0.2) is 5.65 Å². The Morgan fingerprint density at radius 3 is 2.87 bits per heavy atom. The first-order valence-corrected chi connectivity index (χ1v) is 7.92. The Balaban J connectivity index is 1.59. The Morgan fingerprint density at radius 1 is 1.30 bits per heavy atom. The number of nitrogens with one attached hydrogen (secondary N) is 1. The zero-order chi connectivity index (χ0) is 16.0. The average Bonchev–Trinajstić information content (AvgIpc) is 3.30. The number of anilines is 1. The van der Waals surface area contributed by atoms with Gasteiger partial charge in [0, 0.05) is 16.6 Å². The lowest BCUT2D eigenvalue weighted by atomic mass is 10.2. The lowest BCUT2D eigenvalue weighted by Crippen LogP contribution is -2.15. The molecule has 5 nitrogen and oxygen atoms in total. The normalized spacial score (nSPS) is 14.2. The highest BCUT2D eigenvalue weighted by Gasteiger charge is 2.26. The van der Waals surface area contributed by atoms with Gasteiger partial charge in [-0.25, -0.2) is 9.50 Å². The van der Waals surface area contributed by atoms with Gasteiger partial charge in [-0.2, -0.15) is 5.10 Å². The monoisotopic (exact) mass is 326 g/mol. The van der Waals surface area contributed by atoms with E-state index in [1.807, 2.05) is 25.3 Å². The van der Waals surface area contributed by atoms with Crippen LogP contribution in [-0.2, 0) is 0 Å². The number of aromatic nitrogens is 3. The van der Waals surface area contributed by atoms with Crippen LogP contribution in [0, 0.1) is 6.92 Å². The molecule has 1 aromatic carbocycles. The average molecular weight is 327 g/mol. The summed E-state index contributed by atoms with van der Waals surface area (Å²) in [6.45, 7) is 1.90. The van der Waals surface area contributed by atoms with Crippen molar-refractivity contribution in [2.24, 2.45) is 0 Å². The molecule has 2 aromatic heterocycles. The minimum absolute atomic E-state index is 0.254. The van der Waals surface area contributed by atoms with Gasteiger partial charge in [-0.3, -0.25) is 4.79 Å². The molecule has 3 aromatic rings. The zero-order valence-corrected chi connectivity index (χ0v) is 13.3. The van der Waals surface area contributed by atoms with Gasteiger partial charge < -0.3 is 5.32 Å². The van der Waals surface area contributed by atoms with Crippen molar-refractivity contribution in [2.45, 2.75) is 25.7 Å². The van der Waals surface area contributed by atoms with E-state index in [0.29, 0.717) is 22.3 Å². The molecule has 0 saturated heterocycles. The molecular weight excluding hydrogens is 312 g/mol. The van der Waals surface area contributed by atoms with Crippen LogP contribution in [0.1, 0.15) is 40.5 Å². The SMILES string of the molecule is Cc1cc(NC(=O)c2ccc3nc(C4CC4)cn3n2)ccc1Cl. The van der Waals surface area contributed by atoms with Crippen molar-refractivity contribution in [1.82, 2.24) is 14.6 Å². The van der Waals surface area contributed by atoms with Crippen LogP contribution in [0.5, 0.6) is 0 Å². The minimum Gasteiger partial charge on any atom is -0.321 e. The van der Waals surface area contributed by atoms with Crippen molar-refractivity contribution < 1.29 is 4.79 Å². The highest BCUT2D eigenvalue weighted by atomic mass is 35.5. The summed E-state index contributed by atoms with van der Waals surface area (Å²) in [5.74, 6) is 0.307. The Morgan fingerprint density at radius 2 is 2.13 bits per heavy atom. The number of amides is 1. The van der Waals surface area contributed by atoms with Crippen molar-refractivity contribution in [2.75, 3.05) is 5.32 Å². The molecule has 1 amide bonds. The van der Waals surface area contributed by atoms with Crippen LogP contribution in [0.2, 0.25) is 5.02 Å². The number of nitrogens with zero attached hydrogens (tertiary/aromatic N) is 3. The third-order valence-corrected chi connectivity index (χ3v) is 4.41. The molecule has 1 saturated carbocycles. The van der Waals surface area contributed by atoms with Gasteiger partial charge in [0.05, 0.1) is 11.9 Å². The molecular formula is C17H15ClN4O. The van der Waals surface area contributed by atoms with E-state index in [9.17, 15) is 4.79 Å². The van der Waals surface area contributed by atoms with Crippen molar-refractivity contribution >= 4 is 28.8 Å². The Kier molecular flexibility index (Phi) is 3.31. The second-order valence-corrected chi connectivity index (χ2v) is 6.29. The molecule has 0 atom stereocenters. The van der Waals surface area contributed by atoms with Gasteiger partial charge in [-0.05, 0) is 55.7 Å². The second-order valence-electron chi connectivity index (χ2n) is 5.88. The number of rotatable bonds is 3. The fraction of sp³-hybridized carbons (Fsp3) is 0.235. The van der Waals surface area contributed by atoms with E-state index in [1.54, 1.807) is 22.7 Å². The van der Waals surface area contributed by atoms with Crippen LogP contribution in [0.25, 0.3) is 5.65 Å². The van der Waals surface area contributed by atoms with E-state index in [0.717, 1.165) is 16.9 Å². The summed E-state index contributed by atoms with van der Waals surface area (Å²) in [5, 5.41) is 7.87. The third-order valence-electron chi connectivity index (χ3n) is 3.98. The van der Waals surface area contributed by atoms with Crippen LogP contribution in [0.4, 0.5) is 5.69 Å². The number of fused-ring (bicyclic) bond motifs is 1. The van der Waals surface area contributed by atoms with E-state index in [-0.39, 0.29) is 5.91 Å². The zero-order valence-electron chi connectivity index (χ0n) is 12.6. The van der Waals surface area contributed by atoms with E-state index in [1.165, 1.54) is 12.8 Å². The Bertz CT molecular complexity index is 914. The molecule has 0 unspecified atom stereocenters. The summed E-state index contributed by atoms with van der Waals surface area (Å²) in [4.78, 5) is 16.9. The number of halogens is 1. The Hall–Kier alpha value is -2.40. The van der Waals surface area contributed by atoms with Gasteiger partial charge in [-0.1, -0.05) is 11.6 Å². The number of hydrogen-bond acceptors (Lipinski definition) is 3. The summed E-state index contributed by atoms with van der Waals surface area (Å²) in [5.41, 5.74) is 3.79. The first-order valence-electron chi connectivity index (χ1n) is 7.54. The number of carbonyl (C=O) groups excluding carboxylic acids is 1. The van der Waals surface area contributed by atoms with Crippen LogP contribution in [0.3, 0.4) is 0 Å². The van der Waals surface area contributed by atoms with Gasteiger partial charge >= 0.3 is 0 Å². The van der Waals surface area contributed by atoms with Crippen LogP contribution in [0.15, 0.2) is 36.5 Å². The molecule has 6 heteroatoms. The summed E-state index contributed by atoms with van der Waals surface area (Å²) in [7, 11) is 0. The quantitative estimate of drug-likeness (QED) is 0.796. The number of hydrogen-bond donors (Lipinski definition) is 1. The van der Waals surface area contributed by atoms with E-state index in [2.05, 4.69) is 15.4 Å². The summed E-state index contributed by atoms with van der Waals surface area (Å²) < 4.78 is 1.68. The highest BCUT2D eigenvalue weighted by Crippen LogP contribution is 2.39. The first-order chi connectivity index (χ1) is 11.1. The molecule has 116 valence electrons. The molecule has 1 fully saturated rings. The molecule has 4 rings (SSSR count). The summed E-state index contributed by atoms with van der Waals surface area (Å²) >= 11 is 6.00. The molecule has 0 spiro atoms. The molecule has 2 heterocycles. The Labute approximate surface area is 138 Å². The first kappa shape index (κ1) is 14.2. The van der Waals surface area contributed by atoms with Crippen LogP contribution < -0.4 is 5.32 Å². The number of aryl methyl sites for hydroxylation is 1. The molecule has 1 N–H and O–H groups in total. The lowest BCUT2D eigenvalue weighted by molar-refractivity contribution is 0.102. The van der Waals surface area contributed by atoms with Crippen LogP contribution >= 0.6 is 11.6 Å². The predicted molar refractivity (Wildman–Crippen MR) is 89.1 cm³/mol. The fourth-order valence-electron chi connectivity index (χ4n) is 2.51. The van der Waals surface area contributed by atoms with Gasteiger partial charge in [-0.15, -0.1) is 0 Å². The summed E-state index contributed by atoms with van der Waals surface area (Å²) in [6.07, 6.45) is 4.29. The maximum Gasteiger partial charge on any atom is 0.276 e. The van der Waals surface area contributed by atoms with Crippen molar-refractivity contribution in [3.05, 3.63) is 58.5 Å². The summed E-state index contributed by atoms with van der Waals surface area (Å²) in [6, 6.07) is 8.88. The molecule has 0 bridgehead atoms. The van der Waals surface area contributed by atoms with Crippen molar-refractivity contribution in [3.8, 4) is 0 Å². The second kappa shape index (κ2) is 5.35. The molecule has 0 aliphatic heterocycles. The number of benzene rings is 1. The fourth-order valence-corrected chi connectivity index (χ4v) is 2.63. The van der Waals surface area contributed by atoms with E-state index < -0.39 is 0 Å². The van der Waals surface area contributed by atoms with Crippen molar-refractivity contribution in [1.29, 1.82) is 0 Å². The number of carbonyl (C=O) groups is 1. The maximum absolute atomic E-state index is 12.4. The minimum atomic E-state index is -0.254. The topological polar surface area (TPSA) is 59.3 Å². The van der Waals surface area contributed by atoms with E-state index >= 15 is 0 Å². The standard InChI is InChI=1S/C17H15ClN4O/c1-10-8-12(4-5-13(10)18)19-17(23)14-6-7-16-20-15(11-2-3-11)9-22(16)21-14/h4-9,11H,2-3H2,1H3,(H,19,23). The highest BCUT2D eigenvalue weighted by molar-refractivity contribution is 6.31. The number of imidazole rings is 1. The predicted octanol–water partition coefficient (Wildman–Crippen LogP) is 3.82. The molecule has 1 aliphatic rings. The lowest BCUT2D eigenvalue weighted by Gasteiger charge is -2.06. The smallest absolute Gasteiger partial charge is 0.276 e. The maximum atomic E-state index is 12.4. The van der Waals surface area contributed by atoms with Gasteiger partial charge in [0.2, 0.25) is 0 Å². The van der Waals surface area contributed by atoms with Gasteiger partial charge in [0.25, 0.3) is 5.91 Å². The largest absolute Gasteiger partial charge is 0.321 e. The van der Waals surface area contributed by atoms with Crippen molar-refractivity contribution in [3.63, 3.8) is 0 Å².